The van der Waals surface area contributed by atoms with Crippen LogP contribution >= 0.6 is 0 Å². The van der Waals surface area contributed by atoms with Gasteiger partial charge < -0.3 is 0 Å². The van der Waals surface area contributed by atoms with Crippen molar-refractivity contribution in [1.29, 1.82) is 0 Å². The Morgan fingerprint density at radius 3 is 2.38 bits per heavy atom. The lowest BCUT2D eigenvalue weighted by Crippen LogP contribution is -2.22. The summed E-state index contributed by atoms with van der Waals surface area (Å²) in [6.45, 7) is 12.0. The normalized spacial score (nSPS) is 32.8. The van der Waals surface area contributed by atoms with Crippen LogP contribution in [-0.2, 0) is 0 Å². The lowest BCUT2D eigenvalue weighted by atomic mass is 9.75. The van der Waals surface area contributed by atoms with Gasteiger partial charge in [0.05, 0.1) is 0 Å². The molecule has 1 aliphatic rings. The lowest BCUT2D eigenvalue weighted by molar-refractivity contribution is 0.194. The summed E-state index contributed by atoms with van der Waals surface area (Å²) in [7, 11) is 0. The van der Waals surface area contributed by atoms with Crippen LogP contribution < -0.4 is 0 Å². The molecule has 0 radical (unpaired) electrons. The van der Waals surface area contributed by atoms with E-state index in [-0.39, 0.29) is 0 Å². The van der Waals surface area contributed by atoms with E-state index in [1.165, 1.54) is 25.7 Å². The summed E-state index contributed by atoms with van der Waals surface area (Å²) < 4.78 is 0. The predicted octanol–water partition coefficient (Wildman–Crippen LogP) is 4.49. The topological polar surface area (TPSA) is 0 Å². The highest BCUT2D eigenvalue weighted by Crippen LogP contribution is 2.50. The molecule has 0 amide bonds. The second-order valence-electron chi connectivity index (χ2n) is 5.93. The summed E-state index contributed by atoms with van der Waals surface area (Å²) in [6.07, 6.45) is 5.75. The molecule has 1 aliphatic carbocycles. The lowest BCUT2D eigenvalue weighted by Gasteiger charge is -2.30. The minimum atomic E-state index is 0.619. The summed E-state index contributed by atoms with van der Waals surface area (Å²) in [6, 6.07) is 0. The molecule has 2 atom stereocenters. The largest absolute Gasteiger partial charge is 0.0651 e. The first-order valence-corrected chi connectivity index (χ1v) is 5.97. The average molecular weight is 182 g/mol. The molecule has 1 fully saturated rings. The van der Waals surface area contributed by atoms with Gasteiger partial charge in [-0.05, 0) is 42.4 Å². The van der Waals surface area contributed by atoms with Crippen LogP contribution in [0.2, 0.25) is 0 Å². The van der Waals surface area contributed by atoms with E-state index in [2.05, 4.69) is 34.6 Å². The molecule has 1 saturated carbocycles. The highest BCUT2D eigenvalue weighted by atomic mass is 14.4. The van der Waals surface area contributed by atoms with Gasteiger partial charge in [0.2, 0.25) is 0 Å². The van der Waals surface area contributed by atoms with Crippen molar-refractivity contribution in [2.45, 2.75) is 60.3 Å². The fourth-order valence-corrected chi connectivity index (χ4v) is 3.36. The molecule has 0 spiro atoms. The third-order valence-corrected chi connectivity index (χ3v) is 3.95. The van der Waals surface area contributed by atoms with E-state index in [1.807, 2.05) is 0 Å². The van der Waals surface area contributed by atoms with Crippen molar-refractivity contribution in [2.24, 2.45) is 23.2 Å². The van der Waals surface area contributed by atoms with E-state index < -0.39 is 0 Å². The van der Waals surface area contributed by atoms with Gasteiger partial charge >= 0.3 is 0 Å². The second kappa shape index (κ2) is 4.02. The molecule has 0 aliphatic heterocycles. The molecule has 2 unspecified atom stereocenters. The van der Waals surface area contributed by atoms with Crippen molar-refractivity contribution in [3.8, 4) is 0 Å². The van der Waals surface area contributed by atoms with Gasteiger partial charge in [0.25, 0.3) is 0 Å². The maximum Gasteiger partial charge on any atom is -0.0323 e. The Kier molecular flexibility index (Phi) is 3.43. The smallest absolute Gasteiger partial charge is 0.0323 e. The summed E-state index contributed by atoms with van der Waals surface area (Å²) in [5.41, 5.74) is 0.619. The molecule has 0 saturated heterocycles. The van der Waals surface area contributed by atoms with Crippen molar-refractivity contribution in [3.63, 3.8) is 0 Å². The van der Waals surface area contributed by atoms with Crippen LogP contribution in [0, 0.1) is 23.2 Å². The van der Waals surface area contributed by atoms with Gasteiger partial charge in [-0.3, -0.25) is 0 Å². The van der Waals surface area contributed by atoms with Crippen LogP contribution in [0.3, 0.4) is 0 Å². The molecule has 78 valence electrons. The first-order chi connectivity index (χ1) is 5.97. The molecule has 0 nitrogen and oxygen atoms in total. The Balaban J connectivity index is 2.58. The van der Waals surface area contributed by atoms with Gasteiger partial charge in [-0.15, -0.1) is 0 Å². The molecular weight excluding hydrogens is 156 g/mol. The van der Waals surface area contributed by atoms with Crippen LogP contribution in [0.4, 0.5) is 0 Å². The monoisotopic (exact) mass is 182 g/mol. The molecule has 0 N–H and O–H groups in total. The van der Waals surface area contributed by atoms with Gasteiger partial charge in [0, 0.05) is 0 Å². The van der Waals surface area contributed by atoms with E-state index in [0.717, 1.165) is 17.8 Å². The quantitative estimate of drug-likeness (QED) is 0.603. The average Bonchev–Trinajstić information content (AvgIpc) is 2.25. The van der Waals surface area contributed by atoms with E-state index in [9.17, 15) is 0 Å². The Morgan fingerprint density at radius 1 is 1.31 bits per heavy atom. The van der Waals surface area contributed by atoms with E-state index in [0.29, 0.717) is 5.41 Å². The Bertz CT molecular complexity index is 155. The summed E-state index contributed by atoms with van der Waals surface area (Å²) in [4.78, 5) is 0. The number of hydrogen-bond acceptors (Lipinski definition) is 0. The Morgan fingerprint density at radius 2 is 1.92 bits per heavy atom. The summed E-state index contributed by atoms with van der Waals surface area (Å²) in [5, 5.41) is 0. The molecular formula is C13H26. The highest BCUT2D eigenvalue weighted by molar-refractivity contribution is 4.90. The molecule has 0 aromatic rings. The van der Waals surface area contributed by atoms with Gasteiger partial charge in [-0.2, -0.15) is 0 Å². The fourth-order valence-electron chi connectivity index (χ4n) is 3.36. The van der Waals surface area contributed by atoms with Crippen molar-refractivity contribution < 1.29 is 0 Å². The van der Waals surface area contributed by atoms with Gasteiger partial charge in [-0.1, -0.05) is 41.0 Å². The number of hydrogen-bond donors (Lipinski definition) is 0. The van der Waals surface area contributed by atoms with Gasteiger partial charge in [-0.25, -0.2) is 0 Å². The van der Waals surface area contributed by atoms with Crippen molar-refractivity contribution in [3.05, 3.63) is 0 Å². The minimum absolute atomic E-state index is 0.619. The molecule has 1 rings (SSSR count). The molecule has 0 heteroatoms. The number of rotatable bonds is 3. The molecule has 0 aromatic heterocycles. The molecule has 0 heterocycles. The maximum atomic E-state index is 2.46. The van der Waals surface area contributed by atoms with Crippen LogP contribution in [0.5, 0.6) is 0 Å². The van der Waals surface area contributed by atoms with Gasteiger partial charge in [0.15, 0.2) is 0 Å². The fraction of sp³-hybridized carbons (Fsp3) is 1.00. The Hall–Kier alpha value is 0. The zero-order chi connectivity index (χ0) is 10.1. The molecule has 0 bridgehead atoms. The van der Waals surface area contributed by atoms with Crippen molar-refractivity contribution in [2.75, 3.05) is 0 Å². The minimum Gasteiger partial charge on any atom is -0.0651 e. The zero-order valence-corrected chi connectivity index (χ0v) is 10.1. The molecule has 13 heavy (non-hydrogen) atoms. The maximum absolute atomic E-state index is 2.46. The summed E-state index contributed by atoms with van der Waals surface area (Å²) >= 11 is 0. The highest BCUT2D eigenvalue weighted by Gasteiger charge is 2.40. The van der Waals surface area contributed by atoms with E-state index in [4.69, 9.17) is 0 Å². The van der Waals surface area contributed by atoms with Crippen LogP contribution in [-0.4, -0.2) is 0 Å². The van der Waals surface area contributed by atoms with Crippen molar-refractivity contribution in [1.82, 2.24) is 0 Å². The second-order valence-corrected chi connectivity index (χ2v) is 5.93. The molecule has 0 aromatic carbocycles. The Labute approximate surface area is 84.1 Å². The van der Waals surface area contributed by atoms with Gasteiger partial charge in [0.1, 0.15) is 0 Å². The third kappa shape index (κ3) is 2.48. The van der Waals surface area contributed by atoms with Crippen LogP contribution in [0.25, 0.3) is 0 Å². The summed E-state index contributed by atoms with van der Waals surface area (Å²) in [5.74, 6) is 2.88. The SMILES string of the molecule is CCC1C(CC(C)C)CCC1(C)C. The standard InChI is InChI=1S/C13H26/c1-6-12-11(9-10(2)3)7-8-13(12,4)5/h10-12H,6-9H2,1-5H3. The van der Waals surface area contributed by atoms with Crippen LogP contribution in [0.15, 0.2) is 0 Å². The first-order valence-electron chi connectivity index (χ1n) is 5.97. The van der Waals surface area contributed by atoms with Crippen LogP contribution in [0.1, 0.15) is 60.3 Å². The predicted molar refractivity (Wildman–Crippen MR) is 59.7 cm³/mol. The first kappa shape index (κ1) is 11.1. The van der Waals surface area contributed by atoms with Crippen molar-refractivity contribution >= 4 is 0 Å². The van der Waals surface area contributed by atoms with E-state index >= 15 is 0 Å². The van der Waals surface area contributed by atoms with E-state index in [1.54, 1.807) is 0 Å². The zero-order valence-electron chi connectivity index (χ0n) is 10.1. The third-order valence-electron chi connectivity index (χ3n) is 3.95.